The van der Waals surface area contributed by atoms with E-state index in [1.165, 1.54) is 7.11 Å². The standard InChI is InChI=1S/C29H37N3O6S/c1-29(2,3)19-17-23(27(37-7)24(18-19)31-39(8,35)36)30-28(34)26(33)22-13-14-25(38-16-15-32(4,5)6)21-12-10-9-11-20(21)22/h9-14,17-18,31H,15-16H2,1-8H3/p+1. The van der Waals surface area contributed by atoms with Crippen molar-refractivity contribution in [3.63, 3.8) is 0 Å². The van der Waals surface area contributed by atoms with Crippen LogP contribution < -0.4 is 19.5 Å². The van der Waals surface area contributed by atoms with Crippen molar-refractivity contribution >= 4 is 43.9 Å². The van der Waals surface area contributed by atoms with E-state index < -0.39 is 21.7 Å². The number of benzene rings is 3. The molecule has 3 aromatic carbocycles. The maximum absolute atomic E-state index is 13.4. The molecule has 0 radical (unpaired) electrons. The molecule has 0 saturated carbocycles. The molecule has 3 rings (SSSR count). The van der Waals surface area contributed by atoms with E-state index in [1.807, 2.05) is 32.9 Å². The number of methoxy groups -OCH3 is 1. The van der Waals surface area contributed by atoms with Gasteiger partial charge in [-0.1, -0.05) is 45.0 Å². The topological polar surface area (TPSA) is 111 Å². The number of hydrogen-bond acceptors (Lipinski definition) is 6. The summed E-state index contributed by atoms with van der Waals surface area (Å²) in [4.78, 5) is 26.7. The summed E-state index contributed by atoms with van der Waals surface area (Å²) >= 11 is 0. The summed E-state index contributed by atoms with van der Waals surface area (Å²) < 4.78 is 38.7. The molecule has 2 N–H and O–H groups in total. The van der Waals surface area contributed by atoms with E-state index >= 15 is 0 Å². The van der Waals surface area contributed by atoms with Crippen LogP contribution >= 0.6 is 0 Å². The number of carbonyl (C=O) groups is 2. The van der Waals surface area contributed by atoms with Gasteiger partial charge in [-0.25, -0.2) is 8.42 Å². The summed E-state index contributed by atoms with van der Waals surface area (Å²) in [6.07, 6.45) is 1.03. The number of Topliss-reactive ketones (excluding diaryl/α,β-unsaturated/α-hetero) is 1. The fourth-order valence-electron chi connectivity index (χ4n) is 3.98. The Bertz CT molecular complexity index is 1500. The van der Waals surface area contributed by atoms with Gasteiger partial charge in [0.2, 0.25) is 10.0 Å². The van der Waals surface area contributed by atoms with E-state index in [0.29, 0.717) is 17.7 Å². The zero-order chi connectivity index (χ0) is 29.2. The summed E-state index contributed by atoms with van der Waals surface area (Å²) in [7, 11) is 3.95. The number of carbonyl (C=O) groups excluding carboxylic acids is 2. The van der Waals surface area contributed by atoms with Crippen molar-refractivity contribution in [3.8, 4) is 11.5 Å². The van der Waals surface area contributed by atoms with Crippen LogP contribution in [0.15, 0.2) is 48.5 Å². The number of fused-ring (bicyclic) bond motifs is 1. The van der Waals surface area contributed by atoms with E-state index in [1.54, 1.807) is 36.4 Å². The van der Waals surface area contributed by atoms with E-state index in [4.69, 9.17) is 9.47 Å². The summed E-state index contributed by atoms with van der Waals surface area (Å²) in [6, 6.07) is 13.9. The van der Waals surface area contributed by atoms with Gasteiger partial charge in [-0.2, -0.15) is 0 Å². The predicted molar refractivity (Wildman–Crippen MR) is 155 cm³/mol. The summed E-state index contributed by atoms with van der Waals surface area (Å²) in [5.74, 6) is -0.897. The van der Waals surface area contributed by atoms with Gasteiger partial charge in [0.15, 0.2) is 5.75 Å². The third-order valence-electron chi connectivity index (χ3n) is 6.06. The molecule has 0 aliphatic carbocycles. The minimum atomic E-state index is -3.64. The largest absolute Gasteiger partial charge is 0.492 e. The number of hydrogen-bond donors (Lipinski definition) is 2. The lowest BCUT2D eigenvalue weighted by Crippen LogP contribution is -2.38. The Morgan fingerprint density at radius 2 is 1.56 bits per heavy atom. The van der Waals surface area contributed by atoms with Gasteiger partial charge in [0.05, 0.1) is 45.9 Å². The van der Waals surface area contributed by atoms with Crippen LogP contribution in [0.25, 0.3) is 10.8 Å². The number of likely N-dealkylation sites (N-methyl/N-ethyl adjacent to an activating group) is 1. The van der Waals surface area contributed by atoms with Gasteiger partial charge in [-0.3, -0.25) is 14.3 Å². The second-order valence-electron chi connectivity index (χ2n) is 11.5. The third-order valence-corrected chi connectivity index (χ3v) is 6.65. The van der Waals surface area contributed by atoms with Crippen molar-refractivity contribution in [2.24, 2.45) is 0 Å². The average molecular weight is 557 g/mol. The lowest BCUT2D eigenvalue weighted by molar-refractivity contribution is -0.870. The van der Waals surface area contributed by atoms with Crippen molar-refractivity contribution in [2.75, 3.05) is 57.7 Å². The number of anilines is 2. The summed E-state index contributed by atoms with van der Waals surface area (Å²) in [6.45, 7) is 7.14. The second kappa shape index (κ2) is 11.2. The molecule has 9 nitrogen and oxygen atoms in total. The molecule has 0 spiro atoms. The third kappa shape index (κ3) is 7.70. The number of ether oxygens (including phenoxy) is 2. The first-order valence-corrected chi connectivity index (χ1v) is 14.4. The predicted octanol–water partition coefficient (Wildman–Crippen LogP) is 4.42. The number of rotatable bonds is 10. The van der Waals surface area contributed by atoms with Gasteiger partial charge in [-0.05, 0) is 40.6 Å². The molecule has 210 valence electrons. The van der Waals surface area contributed by atoms with Crippen LogP contribution in [-0.4, -0.2) is 72.3 Å². The lowest BCUT2D eigenvalue weighted by atomic mass is 9.86. The maximum Gasteiger partial charge on any atom is 0.296 e. The first-order chi connectivity index (χ1) is 18.0. The molecular weight excluding hydrogens is 518 g/mol. The molecule has 0 heterocycles. The van der Waals surface area contributed by atoms with Crippen LogP contribution in [0, 0.1) is 0 Å². The first kappa shape index (κ1) is 29.9. The molecule has 1 amide bonds. The number of nitrogens with one attached hydrogen (secondary N) is 2. The number of nitrogens with zero attached hydrogens (tertiary/aromatic N) is 1. The zero-order valence-corrected chi connectivity index (χ0v) is 24.7. The molecule has 0 fully saturated rings. The van der Waals surface area contributed by atoms with Crippen LogP contribution in [0.3, 0.4) is 0 Å². The Kier molecular flexibility index (Phi) is 8.62. The zero-order valence-electron chi connectivity index (χ0n) is 23.8. The lowest BCUT2D eigenvalue weighted by Gasteiger charge is -2.24. The van der Waals surface area contributed by atoms with Crippen molar-refractivity contribution < 1.29 is 32.0 Å². The van der Waals surface area contributed by atoms with Crippen LogP contribution in [0.1, 0.15) is 36.7 Å². The molecule has 0 unspecified atom stereocenters. The van der Waals surface area contributed by atoms with E-state index in [-0.39, 0.29) is 28.1 Å². The fourth-order valence-corrected chi connectivity index (χ4v) is 4.53. The minimum Gasteiger partial charge on any atom is -0.492 e. The fraction of sp³-hybridized carbons (Fsp3) is 0.379. The maximum atomic E-state index is 13.4. The molecule has 0 bridgehead atoms. The molecule has 0 saturated heterocycles. The molecule has 10 heteroatoms. The van der Waals surface area contributed by atoms with Crippen molar-refractivity contribution in [1.82, 2.24) is 0 Å². The normalized spacial score (nSPS) is 12.2. The highest BCUT2D eigenvalue weighted by molar-refractivity contribution is 7.92. The molecule has 0 aromatic heterocycles. The second-order valence-corrected chi connectivity index (χ2v) is 13.3. The number of ketones is 1. The Balaban J connectivity index is 1.98. The Hall–Kier alpha value is -3.63. The Morgan fingerprint density at radius 3 is 2.13 bits per heavy atom. The Labute approximate surface area is 230 Å². The summed E-state index contributed by atoms with van der Waals surface area (Å²) in [5.41, 5.74) is 0.914. The highest BCUT2D eigenvalue weighted by atomic mass is 32.2. The van der Waals surface area contributed by atoms with Crippen molar-refractivity contribution in [1.29, 1.82) is 0 Å². The number of sulfonamides is 1. The van der Waals surface area contributed by atoms with Gasteiger partial charge in [0.1, 0.15) is 18.9 Å². The van der Waals surface area contributed by atoms with Crippen molar-refractivity contribution in [2.45, 2.75) is 26.2 Å². The smallest absolute Gasteiger partial charge is 0.296 e. The van der Waals surface area contributed by atoms with Crippen molar-refractivity contribution in [3.05, 3.63) is 59.7 Å². The highest BCUT2D eigenvalue weighted by Gasteiger charge is 2.25. The summed E-state index contributed by atoms with van der Waals surface area (Å²) in [5, 5.41) is 3.97. The molecular formula is C29H38N3O6S+. The van der Waals surface area contributed by atoms with Gasteiger partial charge in [0.25, 0.3) is 11.7 Å². The molecule has 39 heavy (non-hydrogen) atoms. The van der Waals surface area contributed by atoms with Crippen LogP contribution in [0.4, 0.5) is 11.4 Å². The van der Waals surface area contributed by atoms with Gasteiger partial charge in [-0.15, -0.1) is 0 Å². The van der Waals surface area contributed by atoms with E-state index in [2.05, 4.69) is 31.2 Å². The van der Waals surface area contributed by atoms with E-state index in [0.717, 1.165) is 28.2 Å². The van der Waals surface area contributed by atoms with Gasteiger partial charge in [0, 0.05) is 10.9 Å². The van der Waals surface area contributed by atoms with E-state index in [9.17, 15) is 18.0 Å². The van der Waals surface area contributed by atoms with Crippen LogP contribution in [0.2, 0.25) is 0 Å². The minimum absolute atomic E-state index is 0.0976. The quantitative estimate of drug-likeness (QED) is 0.217. The molecule has 3 aromatic rings. The first-order valence-electron chi connectivity index (χ1n) is 12.5. The molecule has 0 aliphatic heterocycles. The van der Waals surface area contributed by atoms with Crippen LogP contribution in [0.5, 0.6) is 11.5 Å². The SMILES string of the molecule is COc1c(NC(=O)C(=O)c2ccc(OCC[N+](C)(C)C)c3ccccc23)cc(C(C)(C)C)cc1NS(C)(=O)=O. The molecule has 0 atom stereocenters. The molecule has 0 aliphatic rings. The van der Waals surface area contributed by atoms with Gasteiger partial charge >= 0.3 is 0 Å². The number of quaternary nitrogens is 1. The average Bonchev–Trinajstić information content (AvgIpc) is 2.81. The highest BCUT2D eigenvalue weighted by Crippen LogP contribution is 2.39. The van der Waals surface area contributed by atoms with Gasteiger partial charge < -0.3 is 19.3 Å². The number of amides is 1. The monoisotopic (exact) mass is 556 g/mol. The van der Waals surface area contributed by atoms with Crippen LogP contribution in [-0.2, 0) is 20.2 Å². The Morgan fingerprint density at radius 1 is 0.949 bits per heavy atom.